The predicted molar refractivity (Wildman–Crippen MR) is 66.3 cm³/mol. The van der Waals surface area contributed by atoms with Crippen molar-refractivity contribution in [3.05, 3.63) is 29.6 Å². The van der Waals surface area contributed by atoms with Gasteiger partial charge >= 0.3 is 0 Å². The summed E-state index contributed by atoms with van der Waals surface area (Å²) in [7, 11) is 0. The van der Waals surface area contributed by atoms with Crippen LogP contribution in [0, 0.1) is 11.2 Å². The van der Waals surface area contributed by atoms with Crippen molar-refractivity contribution in [2.75, 3.05) is 0 Å². The quantitative estimate of drug-likeness (QED) is 0.846. The Morgan fingerprint density at radius 1 is 1.41 bits per heavy atom. The molecule has 3 heteroatoms. The van der Waals surface area contributed by atoms with Gasteiger partial charge in [0.15, 0.2) is 0 Å². The molecule has 1 aromatic rings. The van der Waals surface area contributed by atoms with Gasteiger partial charge in [0.2, 0.25) is 0 Å². The number of aromatic hydroxyl groups is 1. The summed E-state index contributed by atoms with van der Waals surface area (Å²) in [6.07, 6.45) is 3.57. The zero-order valence-corrected chi connectivity index (χ0v) is 10.5. The van der Waals surface area contributed by atoms with Gasteiger partial charge in [-0.15, -0.1) is 0 Å². The number of benzene rings is 1. The molecule has 0 radical (unpaired) electrons. The highest BCUT2D eigenvalue weighted by Gasteiger charge is 2.30. The van der Waals surface area contributed by atoms with Gasteiger partial charge in [-0.3, -0.25) is 0 Å². The molecule has 0 amide bonds. The van der Waals surface area contributed by atoms with E-state index in [1.807, 2.05) is 0 Å². The Balaban J connectivity index is 1.90. The molecule has 1 fully saturated rings. The lowest BCUT2D eigenvalue weighted by Gasteiger charge is -2.18. The van der Waals surface area contributed by atoms with Crippen LogP contribution >= 0.6 is 0 Å². The fourth-order valence-corrected chi connectivity index (χ4v) is 2.61. The minimum Gasteiger partial charge on any atom is -0.508 e. The third kappa shape index (κ3) is 3.43. The summed E-state index contributed by atoms with van der Waals surface area (Å²) < 4.78 is 13.1. The second-order valence-electron chi connectivity index (χ2n) is 5.80. The highest BCUT2D eigenvalue weighted by atomic mass is 19.1. The molecule has 0 spiro atoms. The number of hydrogen-bond donors (Lipinski definition) is 2. The molecule has 17 heavy (non-hydrogen) atoms. The van der Waals surface area contributed by atoms with Crippen molar-refractivity contribution in [1.29, 1.82) is 0 Å². The van der Waals surface area contributed by atoms with Gasteiger partial charge in [0.1, 0.15) is 11.6 Å². The summed E-state index contributed by atoms with van der Waals surface area (Å²) in [5, 5.41) is 12.7. The average Bonchev–Trinajstić information content (AvgIpc) is 2.54. The van der Waals surface area contributed by atoms with Gasteiger partial charge in [-0.2, -0.15) is 0 Å². The van der Waals surface area contributed by atoms with Crippen LogP contribution in [0.2, 0.25) is 0 Å². The largest absolute Gasteiger partial charge is 0.508 e. The zero-order valence-electron chi connectivity index (χ0n) is 10.5. The summed E-state index contributed by atoms with van der Waals surface area (Å²) in [6, 6.07) is 4.71. The first-order chi connectivity index (χ1) is 7.94. The maximum Gasteiger partial charge on any atom is 0.127 e. The molecule has 0 aromatic heterocycles. The van der Waals surface area contributed by atoms with Crippen LogP contribution in [0.25, 0.3) is 0 Å². The van der Waals surface area contributed by atoms with E-state index in [0.717, 1.165) is 18.1 Å². The van der Waals surface area contributed by atoms with E-state index in [-0.39, 0.29) is 11.6 Å². The number of halogens is 1. The van der Waals surface area contributed by atoms with Crippen LogP contribution in [0.5, 0.6) is 5.75 Å². The number of rotatable bonds is 3. The Labute approximate surface area is 102 Å². The summed E-state index contributed by atoms with van der Waals surface area (Å²) >= 11 is 0. The van der Waals surface area contributed by atoms with Gasteiger partial charge in [0, 0.05) is 18.7 Å². The van der Waals surface area contributed by atoms with E-state index in [1.165, 1.54) is 18.9 Å². The molecule has 2 rings (SSSR count). The molecule has 0 saturated heterocycles. The molecular formula is C14H20FNO. The van der Waals surface area contributed by atoms with Gasteiger partial charge in [-0.05, 0) is 42.4 Å². The van der Waals surface area contributed by atoms with Gasteiger partial charge in [-0.1, -0.05) is 13.8 Å². The van der Waals surface area contributed by atoms with Crippen molar-refractivity contribution >= 4 is 0 Å². The van der Waals surface area contributed by atoms with Crippen LogP contribution in [0.1, 0.15) is 38.7 Å². The highest BCUT2D eigenvalue weighted by molar-refractivity contribution is 5.28. The van der Waals surface area contributed by atoms with Crippen molar-refractivity contribution in [3.63, 3.8) is 0 Å². The third-order valence-corrected chi connectivity index (χ3v) is 3.51. The zero-order chi connectivity index (χ0) is 12.5. The van der Waals surface area contributed by atoms with E-state index in [0.29, 0.717) is 18.0 Å². The van der Waals surface area contributed by atoms with Crippen molar-refractivity contribution in [2.45, 2.75) is 45.7 Å². The lowest BCUT2D eigenvalue weighted by atomic mass is 9.92. The van der Waals surface area contributed by atoms with Crippen LogP contribution in [-0.2, 0) is 6.54 Å². The van der Waals surface area contributed by atoms with Crippen molar-refractivity contribution in [3.8, 4) is 5.75 Å². The molecule has 0 heterocycles. The molecule has 1 aromatic carbocycles. The number of phenolic OH excluding ortho intramolecular Hbond substituents is 1. The molecule has 0 bridgehead atoms. The maximum atomic E-state index is 13.1. The summed E-state index contributed by atoms with van der Waals surface area (Å²) in [6.45, 7) is 5.18. The molecule has 0 aliphatic heterocycles. The monoisotopic (exact) mass is 237 g/mol. The molecule has 1 atom stereocenters. The van der Waals surface area contributed by atoms with Crippen molar-refractivity contribution < 1.29 is 9.50 Å². The highest BCUT2D eigenvalue weighted by Crippen LogP contribution is 2.37. The SMILES string of the molecule is CC1(C)CCC(NCc2cc(O)cc(F)c2)C1. The topological polar surface area (TPSA) is 32.3 Å². The van der Waals surface area contributed by atoms with Gasteiger partial charge < -0.3 is 10.4 Å². The summed E-state index contributed by atoms with van der Waals surface area (Å²) in [5.41, 5.74) is 1.22. The van der Waals surface area contributed by atoms with Gasteiger partial charge in [0.25, 0.3) is 0 Å². The molecular weight excluding hydrogens is 217 g/mol. The Hall–Kier alpha value is -1.09. The van der Waals surface area contributed by atoms with Gasteiger partial charge in [-0.25, -0.2) is 4.39 Å². The second-order valence-corrected chi connectivity index (χ2v) is 5.80. The van der Waals surface area contributed by atoms with Crippen LogP contribution in [0.15, 0.2) is 18.2 Å². The first kappa shape index (κ1) is 12.4. The smallest absolute Gasteiger partial charge is 0.127 e. The maximum absolute atomic E-state index is 13.1. The van der Waals surface area contributed by atoms with Crippen LogP contribution < -0.4 is 5.32 Å². The Morgan fingerprint density at radius 3 is 2.76 bits per heavy atom. The number of nitrogens with one attached hydrogen (secondary N) is 1. The van der Waals surface area contributed by atoms with Crippen molar-refractivity contribution in [2.24, 2.45) is 5.41 Å². The predicted octanol–water partition coefficient (Wildman–Crippen LogP) is 3.20. The standard InChI is InChI=1S/C14H20FNO/c1-14(2)4-3-12(8-14)16-9-10-5-11(15)7-13(17)6-10/h5-7,12,16-17H,3-4,8-9H2,1-2H3. The van der Waals surface area contributed by atoms with E-state index in [2.05, 4.69) is 19.2 Å². The number of phenols is 1. The van der Waals surface area contributed by atoms with Crippen LogP contribution in [-0.4, -0.2) is 11.1 Å². The van der Waals surface area contributed by atoms with E-state index in [9.17, 15) is 9.50 Å². The molecule has 1 unspecified atom stereocenters. The Kier molecular flexibility index (Phi) is 3.38. The van der Waals surface area contributed by atoms with E-state index in [1.54, 1.807) is 6.07 Å². The Bertz CT molecular complexity index is 383. The molecule has 1 aliphatic carbocycles. The van der Waals surface area contributed by atoms with E-state index >= 15 is 0 Å². The lowest BCUT2D eigenvalue weighted by molar-refractivity contribution is 0.364. The molecule has 2 N–H and O–H groups in total. The first-order valence-electron chi connectivity index (χ1n) is 6.16. The fraction of sp³-hybridized carbons (Fsp3) is 0.571. The summed E-state index contributed by atoms with van der Waals surface area (Å²) in [4.78, 5) is 0. The second kappa shape index (κ2) is 4.65. The first-order valence-corrected chi connectivity index (χ1v) is 6.16. The molecule has 2 nitrogen and oxygen atoms in total. The van der Waals surface area contributed by atoms with Crippen LogP contribution in [0.3, 0.4) is 0 Å². The minimum atomic E-state index is -0.381. The van der Waals surface area contributed by atoms with E-state index in [4.69, 9.17) is 0 Å². The summed E-state index contributed by atoms with van der Waals surface area (Å²) in [5.74, 6) is -0.387. The minimum absolute atomic E-state index is 0.00597. The number of hydrogen-bond acceptors (Lipinski definition) is 2. The van der Waals surface area contributed by atoms with Gasteiger partial charge in [0.05, 0.1) is 0 Å². The van der Waals surface area contributed by atoms with E-state index < -0.39 is 0 Å². The fourth-order valence-electron chi connectivity index (χ4n) is 2.61. The average molecular weight is 237 g/mol. The normalized spacial score (nSPS) is 22.9. The van der Waals surface area contributed by atoms with Crippen LogP contribution in [0.4, 0.5) is 4.39 Å². The molecule has 1 aliphatic rings. The molecule has 94 valence electrons. The lowest BCUT2D eigenvalue weighted by Crippen LogP contribution is -2.26. The van der Waals surface area contributed by atoms with Crippen molar-refractivity contribution in [1.82, 2.24) is 5.32 Å². The molecule has 1 saturated carbocycles. The Morgan fingerprint density at radius 2 is 2.18 bits per heavy atom. The third-order valence-electron chi connectivity index (χ3n) is 3.51.